The summed E-state index contributed by atoms with van der Waals surface area (Å²) < 4.78 is 0. The molecule has 0 bridgehead atoms. The maximum Gasteiger partial charge on any atom is 0.257 e. The molecule has 1 amide bonds. The summed E-state index contributed by atoms with van der Waals surface area (Å²) in [6, 6.07) is 5.67. The predicted molar refractivity (Wildman–Crippen MR) is 89.6 cm³/mol. The van der Waals surface area contributed by atoms with Crippen LogP contribution in [0.25, 0.3) is 10.9 Å². The largest absolute Gasteiger partial charge is 0.358 e. The van der Waals surface area contributed by atoms with E-state index in [0.717, 1.165) is 34.4 Å². The number of aromatic nitrogens is 3. The Labute approximate surface area is 132 Å². The van der Waals surface area contributed by atoms with Gasteiger partial charge in [0.2, 0.25) is 5.13 Å². The highest BCUT2D eigenvalue weighted by Gasteiger charge is 2.12. The minimum absolute atomic E-state index is 0.153. The van der Waals surface area contributed by atoms with E-state index in [1.54, 1.807) is 0 Å². The number of nitrogens with one attached hydrogen (secondary N) is 2. The van der Waals surface area contributed by atoms with Gasteiger partial charge in [0, 0.05) is 28.6 Å². The summed E-state index contributed by atoms with van der Waals surface area (Å²) in [6.07, 6.45) is 1.91. The number of amides is 1. The molecular formula is C16H18N4OS. The van der Waals surface area contributed by atoms with Crippen LogP contribution in [0.3, 0.4) is 0 Å². The fourth-order valence-corrected chi connectivity index (χ4v) is 3.23. The second-order valence-corrected chi connectivity index (χ2v) is 6.40. The molecule has 0 saturated carbocycles. The summed E-state index contributed by atoms with van der Waals surface area (Å²) in [5, 5.41) is 13.5. The van der Waals surface area contributed by atoms with Crippen molar-refractivity contribution in [2.24, 2.45) is 0 Å². The molecule has 0 aliphatic carbocycles. The first kappa shape index (κ1) is 14.7. The van der Waals surface area contributed by atoms with Crippen molar-refractivity contribution in [2.45, 2.75) is 33.6 Å². The van der Waals surface area contributed by atoms with Crippen LogP contribution in [0.1, 0.15) is 40.0 Å². The van der Waals surface area contributed by atoms with E-state index in [-0.39, 0.29) is 5.91 Å². The zero-order valence-corrected chi connectivity index (χ0v) is 13.7. The Kier molecular flexibility index (Phi) is 3.94. The second kappa shape index (κ2) is 5.88. The quantitative estimate of drug-likeness (QED) is 0.768. The molecule has 5 nitrogen and oxygen atoms in total. The molecule has 3 aromatic rings. The molecule has 2 N–H and O–H groups in total. The standard InChI is InChI=1S/C16H18N4OS/c1-4-5-14-19-20-16(22-14)18-15(21)11-6-7-13-12(8-11)9(2)10(3)17-13/h6-8,17H,4-5H2,1-3H3,(H,18,20,21). The average molecular weight is 314 g/mol. The molecule has 114 valence electrons. The number of aryl methyl sites for hydroxylation is 3. The van der Waals surface area contributed by atoms with Crippen molar-refractivity contribution in [1.82, 2.24) is 15.2 Å². The number of aromatic amines is 1. The van der Waals surface area contributed by atoms with Crippen molar-refractivity contribution in [3.63, 3.8) is 0 Å². The SMILES string of the molecule is CCCc1nnc(NC(=O)c2ccc3[nH]c(C)c(C)c3c2)s1. The van der Waals surface area contributed by atoms with Gasteiger partial charge in [0.05, 0.1) is 0 Å². The van der Waals surface area contributed by atoms with Gasteiger partial charge < -0.3 is 4.98 Å². The molecule has 2 aromatic heterocycles. The minimum Gasteiger partial charge on any atom is -0.358 e. The monoisotopic (exact) mass is 314 g/mol. The Balaban J connectivity index is 1.83. The molecule has 6 heteroatoms. The third kappa shape index (κ3) is 2.74. The topological polar surface area (TPSA) is 70.7 Å². The number of hydrogen-bond acceptors (Lipinski definition) is 4. The van der Waals surface area contributed by atoms with Crippen LogP contribution in [-0.2, 0) is 6.42 Å². The Hall–Kier alpha value is -2.21. The first-order valence-electron chi connectivity index (χ1n) is 7.31. The smallest absolute Gasteiger partial charge is 0.257 e. The number of carbonyl (C=O) groups excluding carboxylic acids is 1. The number of nitrogens with zero attached hydrogens (tertiary/aromatic N) is 2. The van der Waals surface area contributed by atoms with E-state index in [1.807, 2.05) is 25.1 Å². The van der Waals surface area contributed by atoms with Crippen molar-refractivity contribution in [1.29, 1.82) is 0 Å². The van der Waals surface area contributed by atoms with Crippen molar-refractivity contribution in [3.05, 3.63) is 40.0 Å². The lowest BCUT2D eigenvalue weighted by Gasteiger charge is -2.02. The summed E-state index contributed by atoms with van der Waals surface area (Å²) in [6.45, 7) is 6.18. The Morgan fingerprint density at radius 1 is 1.32 bits per heavy atom. The van der Waals surface area contributed by atoms with Gasteiger partial charge in [-0.05, 0) is 44.0 Å². The van der Waals surface area contributed by atoms with Gasteiger partial charge in [-0.25, -0.2) is 0 Å². The average Bonchev–Trinajstić information content (AvgIpc) is 3.05. The van der Waals surface area contributed by atoms with Crippen molar-refractivity contribution in [2.75, 3.05) is 5.32 Å². The maximum atomic E-state index is 12.4. The van der Waals surface area contributed by atoms with Gasteiger partial charge in [-0.2, -0.15) is 0 Å². The summed E-state index contributed by atoms with van der Waals surface area (Å²) in [5.74, 6) is -0.153. The molecule has 0 fully saturated rings. The summed E-state index contributed by atoms with van der Waals surface area (Å²) in [7, 11) is 0. The summed E-state index contributed by atoms with van der Waals surface area (Å²) >= 11 is 1.43. The third-order valence-corrected chi connectivity index (χ3v) is 4.62. The lowest BCUT2D eigenvalue weighted by Crippen LogP contribution is -2.11. The zero-order valence-electron chi connectivity index (χ0n) is 12.9. The van der Waals surface area contributed by atoms with Crippen LogP contribution in [0.15, 0.2) is 18.2 Å². The zero-order chi connectivity index (χ0) is 15.7. The van der Waals surface area contributed by atoms with Crippen molar-refractivity contribution in [3.8, 4) is 0 Å². The number of rotatable bonds is 4. The molecule has 0 aliphatic heterocycles. The van der Waals surface area contributed by atoms with E-state index in [1.165, 1.54) is 16.9 Å². The number of anilines is 1. The van der Waals surface area contributed by atoms with E-state index in [2.05, 4.69) is 34.3 Å². The van der Waals surface area contributed by atoms with E-state index >= 15 is 0 Å². The van der Waals surface area contributed by atoms with Gasteiger partial charge in [-0.1, -0.05) is 18.3 Å². The fourth-order valence-electron chi connectivity index (χ4n) is 2.39. The molecule has 0 aliphatic rings. The van der Waals surface area contributed by atoms with Gasteiger partial charge in [0.25, 0.3) is 5.91 Å². The molecule has 0 radical (unpaired) electrons. The lowest BCUT2D eigenvalue weighted by molar-refractivity contribution is 0.102. The van der Waals surface area contributed by atoms with Crippen molar-refractivity contribution >= 4 is 33.3 Å². The molecule has 3 rings (SSSR count). The van der Waals surface area contributed by atoms with Crippen LogP contribution in [-0.4, -0.2) is 21.1 Å². The Morgan fingerprint density at radius 3 is 2.91 bits per heavy atom. The predicted octanol–water partition coefficient (Wildman–Crippen LogP) is 3.84. The van der Waals surface area contributed by atoms with Crippen LogP contribution in [0.5, 0.6) is 0 Å². The van der Waals surface area contributed by atoms with Gasteiger partial charge in [-0.3, -0.25) is 10.1 Å². The molecule has 0 unspecified atom stereocenters. The summed E-state index contributed by atoms with van der Waals surface area (Å²) in [4.78, 5) is 15.7. The van der Waals surface area contributed by atoms with Crippen LogP contribution in [0, 0.1) is 13.8 Å². The molecule has 0 saturated heterocycles. The number of benzene rings is 1. The van der Waals surface area contributed by atoms with Crippen LogP contribution in [0.2, 0.25) is 0 Å². The van der Waals surface area contributed by atoms with Gasteiger partial charge in [-0.15, -0.1) is 10.2 Å². The van der Waals surface area contributed by atoms with Crippen LogP contribution < -0.4 is 5.32 Å². The van der Waals surface area contributed by atoms with E-state index in [9.17, 15) is 4.79 Å². The van der Waals surface area contributed by atoms with Gasteiger partial charge >= 0.3 is 0 Å². The van der Waals surface area contributed by atoms with E-state index in [4.69, 9.17) is 0 Å². The molecular weight excluding hydrogens is 296 g/mol. The molecule has 0 atom stereocenters. The number of H-pyrrole nitrogens is 1. The highest BCUT2D eigenvalue weighted by molar-refractivity contribution is 7.15. The lowest BCUT2D eigenvalue weighted by atomic mass is 10.1. The third-order valence-electron chi connectivity index (χ3n) is 3.72. The highest BCUT2D eigenvalue weighted by atomic mass is 32.1. The van der Waals surface area contributed by atoms with Gasteiger partial charge in [0.1, 0.15) is 5.01 Å². The van der Waals surface area contributed by atoms with Crippen LogP contribution >= 0.6 is 11.3 Å². The number of fused-ring (bicyclic) bond motifs is 1. The number of carbonyl (C=O) groups is 1. The first-order chi connectivity index (χ1) is 10.6. The number of hydrogen-bond donors (Lipinski definition) is 2. The Morgan fingerprint density at radius 2 is 2.14 bits per heavy atom. The molecule has 1 aromatic carbocycles. The molecule has 22 heavy (non-hydrogen) atoms. The van der Waals surface area contributed by atoms with E-state index in [0.29, 0.717) is 10.7 Å². The normalized spacial score (nSPS) is 11.0. The van der Waals surface area contributed by atoms with E-state index < -0.39 is 0 Å². The molecule has 0 spiro atoms. The minimum atomic E-state index is -0.153. The van der Waals surface area contributed by atoms with Crippen molar-refractivity contribution < 1.29 is 4.79 Å². The second-order valence-electron chi connectivity index (χ2n) is 5.34. The molecule has 2 heterocycles. The maximum absolute atomic E-state index is 12.4. The van der Waals surface area contributed by atoms with Gasteiger partial charge in [0.15, 0.2) is 0 Å². The fraction of sp³-hybridized carbons (Fsp3) is 0.312. The Bertz CT molecular complexity index is 834. The summed E-state index contributed by atoms with van der Waals surface area (Å²) in [5.41, 5.74) is 3.97. The highest BCUT2D eigenvalue weighted by Crippen LogP contribution is 2.23. The van der Waals surface area contributed by atoms with Crippen LogP contribution in [0.4, 0.5) is 5.13 Å². The first-order valence-corrected chi connectivity index (χ1v) is 8.12.